The van der Waals surface area contributed by atoms with Gasteiger partial charge in [0.15, 0.2) is 10.7 Å². The Hall–Kier alpha value is -2.88. The van der Waals surface area contributed by atoms with Crippen molar-refractivity contribution in [2.24, 2.45) is 5.10 Å². The Kier molecular flexibility index (Phi) is 5.75. The number of hydrogen-bond donors (Lipinski definition) is 1. The number of anilines is 1. The van der Waals surface area contributed by atoms with Gasteiger partial charge in [0.05, 0.1) is 18.5 Å². The number of ether oxygens (including phenoxy) is 1. The van der Waals surface area contributed by atoms with Crippen LogP contribution < -0.4 is 10.2 Å². The molecule has 0 radical (unpaired) electrons. The highest BCUT2D eigenvalue weighted by Crippen LogP contribution is 2.29. The summed E-state index contributed by atoms with van der Waals surface area (Å²) < 4.78 is 5.27. The molecule has 27 heavy (non-hydrogen) atoms. The molecular weight excluding hydrogens is 380 g/mol. The van der Waals surface area contributed by atoms with Crippen molar-refractivity contribution in [2.75, 3.05) is 12.5 Å². The number of methoxy groups -OCH3 is 1. The number of nitrogens with one attached hydrogen (secondary N) is 1. The molecule has 0 bridgehead atoms. The Labute approximate surface area is 166 Å². The number of hydrazone groups is 1. The molecule has 3 rings (SSSR count). The van der Waals surface area contributed by atoms with Gasteiger partial charge < -0.3 is 4.74 Å². The summed E-state index contributed by atoms with van der Waals surface area (Å²) >= 11 is 7.39. The Balaban J connectivity index is 1.89. The SMILES string of the molecule is COc1ccc(Cl)cc1N/N=C(/C#N)c1nc(-c2ccc(C)cc2C)cs1. The van der Waals surface area contributed by atoms with Crippen LogP contribution in [0.1, 0.15) is 16.1 Å². The van der Waals surface area contributed by atoms with Gasteiger partial charge in [0.1, 0.15) is 11.8 Å². The van der Waals surface area contributed by atoms with Crippen molar-refractivity contribution in [3.8, 4) is 23.1 Å². The van der Waals surface area contributed by atoms with E-state index in [1.165, 1.54) is 16.9 Å². The van der Waals surface area contributed by atoms with E-state index in [2.05, 4.69) is 34.6 Å². The molecule has 7 heteroatoms. The highest BCUT2D eigenvalue weighted by Gasteiger charge is 2.12. The van der Waals surface area contributed by atoms with Gasteiger partial charge in [-0.05, 0) is 37.6 Å². The van der Waals surface area contributed by atoms with Crippen LogP contribution in [0.15, 0.2) is 46.9 Å². The molecule has 1 N–H and O–H groups in total. The van der Waals surface area contributed by atoms with Crippen LogP contribution in [0.2, 0.25) is 5.02 Å². The maximum atomic E-state index is 9.50. The molecule has 0 fully saturated rings. The Bertz CT molecular complexity index is 1050. The van der Waals surface area contributed by atoms with E-state index in [0.717, 1.165) is 16.8 Å². The minimum atomic E-state index is 0.193. The summed E-state index contributed by atoms with van der Waals surface area (Å²) in [5, 5.41) is 16.7. The largest absolute Gasteiger partial charge is 0.495 e. The van der Waals surface area contributed by atoms with Crippen LogP contribution >= 0.6 is 22.9 Å². The van der Waals surface area contributed by atoms with E-state index >= 15 is 0 Å². The molecule has 0 aliphatic rings. The normalized spacial score (nSPS) is 11.1. The van der Waals surface area contributed by atoms with E-state index in [0.29, 0.717) is 21.5 Å². The van der Waals surface area contributed by atoms with E-state index in [-0.39, 0.29) is 5.71 Å². The number of hydrogen-bond acceptors (Lipinski definition) is 6. The molecular formula is C20H17ClN4OS. The van der Waals surface area contributed by atoms with Crippen LogP contribution in [0, 0.1) is 25.2 Å². The van der Waals surface area contributed by atoms with Gasteiger partial charge in [-0.1, -0.05) is 35.4 Å². The zero-order valence-corrected chi connectivity index (χ0v) is 16.6. The lowest BCUT2D eigenvalue weighted by Crippen LogP contribution is -2.02. The van der Waals surface area contributed by atoms with Gasteiger partial charge in [-0.3, -0.25) is 5.43 Å². The van der Waals surface area contributed by atoms with Crippen LogP contribution in [-0.4, -0.2) is 17.8 Å². The predicted octanol–water partition coefficient (Wildman–Crippen LogP) is 5.43. The van der Waals surface area contributed by atoms with Gasteiger partial charge in [0.2, 0.25) is 0 Å². The highest BCUT2D eigenvalue weighted by atomic mass is 35.5. The third-order valence-electron chi connectivity index (χ3n) is 3.92. The second-order valence-electron chi connectivity index (χ2n) is 5.88. The number of thiazole rings is 1. The van der Waals surface area contributed by atoms with Crippen LogP contribution in [0.3, 0.4) is 0 Å². The van der Waals surface area contributed by atoms with E-state index < -0.39 is 0 Å². The van der Waals surface area contributed by atoms with Gasteiger partial charge in [-0.15, -0.1) is 11.3 Å². The van der Waals surface area contributed by atoms with Crippen molar-refractivity contribution in [1.82, 2.24) is 4.98 Å². The van der Waals surface area contributed by atoms with Crippen molar-refractivity contribution in [3.05, 3.63) is 62.9 Å². The second kappa shape index (κ2) is 8.21. The summed E-state index contributed by atoms with van der Waals surface area (Å²) in [6.07, 6.45) is 0. The Morgan fingerprint density at radius 2 is 2.07 bits per heavy atom. The maximum absolute atomic E-state index is 9.50. The van der Waals surface area contributed by atoms with Crippen molar-refractivity contribution in [2.45, 2.75) is 13.8 Å². The zero-order chi connectivity index (χ0) is 19.4. The summed E-state index contributed by atoms with van der Waals surface area (Å²) in [5.41, 5.74) is 7.83. The minimum absolute atomic E-state index is 0.193. The fraction of sp³-hybridized carbons (Fsp3) is 0.150. The topological polar surface area (TPSA) is 70.3 Å². The lowest BCUT2D eigenvalue weighted by atomic mass is 10.0. The fourth-order valence-electron chi connectivity index (χ4n) is 2.61. The van der Waals surface area contributed by atoms with Gasteiger partial charge in [-0.2, -0.15) is 10.4 Å². The van der Waals surface area contributed by atoms with Gasteiger partial charge >= 0.3 is 0 Å². The summed E-state index contributed by atoms with van der Waals surface area (Å²) in [7, 11) is 1.56. The smallest absolute Gasteiger partial charge is 0.196 e. The molecule has 0 saturated heterocycles. The molecule has 0 aliphatic carbocycles. The Morgan fingerprint density at radius 1 is 1.26 bits per heavy atom. The number of halogens is 1. The van der Waals surface area contributed by atoms with E-state index in [9.17, 15) is 5.26 Å². The molecule has 2 aromatic carbocycles. The van der Waals surface area contributed by atoms with Crippen molar-refractivity contribution in [1.29, 1.82) is 5.26 Å². The molecule has 3 aromatic rings. The number of aryl methyl sites for hydroxylation is 2. The lowest BCUT2D eigenvalue weighted by Gasteiger charge is -2.07. The average Bonchev–Trinajstić information content (AvgIpc) is 3.12. The van der Waals surface area contributed by atoms with Crippen molar-refractivity contribution < 1.29 is 4.74 Å². The first-order valence-corrected chi connectivity index (χ1v) is 9.38. The van der Waals surface area contributed by atoms with Gasteiger partial charge in [0.25, 0.3) is 0 Å². The summed E-state index contributed by atoms with van der Waals surface area (Å²) in [6, 6.07) is 13.4. The van der Waals surface area contributed by atoms with Crippen LogP contribution in [0.4, 0.5) is 5.69 Å². The number of rotatable bonds is 5. The monoisotopic (exact) mass is 396 g/mol. The van der Waals surface area contributed by atoms with E-state index in [1.54, 1.807) is 25.3 Å². The Morgan fingerprint density at radius 3 is 2.78 bits per heavy atom. The van der Waals surface area contributed by atoms with E-state index in [1.807, 2.05) is 24.4 Å². The first kappa shape index (κ1) is 18.9. The fourth-order valence-corrected chi connectivity index (χ4v) is 3.54. The zero-order valence-electron chi connectivity index (χ0n) is 15.1. The van der Waals surface area contributed by atoms with Crippen LogP contribution in [0.25, 0.3) is 11.3 Å². The van der Waals surface area contributed by atoms with Crippen LogP contribution in [-0.2, 0) is 0 Å². The average molecular weight is 397 g/mol. The van der Waals surface area contributed by atoms with Crippen molar-refractivity contribution in [3.63, 3.8) is 0 Å². The van der Waals surface area contributed by atoms with Gasteiger partial charge in [-0.25, -0.2) is 4.98 Å². The molecule has 0 aliphatic heterocycles. The third-order valence-corrected chi connectivity index (χ3v) is 5.00. The first-order chi connectivity index (χ1) is 13.0. The van der Waals surface area contributed by atoms with E-state index in [4.69, 9.17) is 16.3 Å². The molecule has 1 aromatic heterocycles. The highest BCUT2D eigenvalue weighted by molar-refractivity contribution is 7.12. The molecule has 0 saturated carbocycles. The summed E-state index contributed by atoms with van der Waals surface area (Å²) in [4.78, 5) is 4.58. The first-order valence-electron chi connectivity index (χ1n) is 8.12. The number of nitriles is 1. The lowest BCUT2D eigenvalue weighted by molar-refractivity contribution is 0.416. The molecule has 0 atom stereocenters. The quantitative estimate of drug-likeness (QED) is 0.461. The van der Waals surface area contributed by atoms with Crippen LogP contribution in [0.5, 0.6) is 5.75 Å². The summed E-state index contributed by atoms with van der Waals surface area (Å²) in [6.45, 7) is 4.10. The van der Waals surface area contributed by atoms with Gasteiger partial charge in [0, 0.05) is 16.0 Å². The standard InChI is InChI=1S/C20H17ClN4OS/c1-12-4-6-15(13(2)8-12)18-11-27-20(23-18)17(10-22)25-24-16-9-14(21)5-7-19(16)26-3/h4-9,11,24H,1-3H3/b25-17-. The number of nitrogens with zero attached hydrogens (tertiary/aromatic N) is 3. The van der Waals surface area contributed by atoms with Crippen molar-refractivity contribution >= 4 is 34.3 Å². The molecule has 0 spiro atoms. The minimum Gasteiger partial charge on any atom is -0.495 e. The third kappa shape index (κ3) is 4.27. The number of aromatic nitrogens is 1. The molecule has 1 heterocycles. The number of benzene rings is 2. The molecule has 136 valence electrons. The molecule has 0 unspecified atom stereocenters. The maximum Gasteiger partial charge on any atom is 0.196 e. The molecule has 0 amide bonds. The summed E-state index contributed by atoms with van der Waals surface area (Å²) in [5.74, 6) is 0.579. The predicted molar refractivity (Wildman–Crippen MR) is 111 cm³/mol. The molecule has 5 nitrogen and oxygen atoms in total. The second-order valence-corrected chi connectivity index (χ2v) is 7.18.